The number of nitrogens with zero attached hydrogens (tertiary/aromatic N) is 5. The van der Waals surface area contributed by atoms with Crippen LogP contribution in [0.5, 0.6) is 0 Å². The van der Waals surface area contributed by atoms with Gasteiger partial charge in [-0.3, -0.25) is 4.98 Å². The highest BCUT2D eigenvalue weighted by molar-refractivity contribution is 7.87. The molecule has 0 saturated carbocycles. The summed E-state index contributed by atoms with van der Waals surface area (Å²) in [5.74, 6) is -1.79. The summed E-state index contributed by atoms with van der Waals surface area (Å²) in [6.07, 6.45) is 0.471. The van der Waals surface area contributed by atoms with E-state index in [4.69, 9.17) is 4.84 Å². The van der Waals surface area contributed by atoms with Crippen LogP contribution in [0.2, 0.25) is 0 Å². The first-order valence-corrected chi connectivity index (χ1v) is 12.0. The third-order valence-corrected chi connectivity index (χ3v) is 7.09. The van der Waals surface area contributed by atoms with E-state index >= 15 is 0 Å². The van der Waals surface area contributed by atoms with Crippen molar-refractivity contribution in [2.45, 2.75) is 25.6 Å². The normalized spacial score (nSPS) is 23.1. The third-order valence-electron chi connectivity index (χ3n) is 5.77. The maximum absolute atomic E-state index is 14.6. The first kappa shape index (κ1) is 24.1. The zero-order valence-corrected chi connectivity index (χ0v) is 19.6. The molecule has 12 heteroatoms. The minimum absolute atomic E-state index is 0.000483. The molecule has 2 unspecified atom stereocenters. The fraction of sp³-hybridized carbons (Fsp3) is 0.409. The van der Waals surface area contributed by atoms with Gasteiger partial charge in [0.15, 0.2) is 11.9 Å². The molecule has 34 heavy (non-hydrogen) atoms. The van der Waals surface area contributed by atoms with Crippen LogP contribution in [0.1, 0.15) is 23.7 Å². The molecule has 1 aromatic carbocycles. The Hall–Kier alpha value is -2.99. The Morgan fingerprint density at radius 3 is 2.71 bits per heavy atom. The Kier molecular flexibility index (Phi) is 6.63. The van der Waals surface area contributed by atoms with Crippen molar-refractivity contribution >= 4 is 22.3 Å². The van der Waals surface area contributed by atoms with Gasteiger partial charge in [0, 0.05) is 50.0 Å². The number of likely N-dealkylation sites (tertiary alicyclic amines) is 1. The first-order chi connectivity index (χ1) is 16.0. The summed E-state index contributed by atoms with van der Waals surface area (Å²) in [5.41, 5.74) is 1.94. The van der Waals surface area contributed by atoms with E-state index in [0.29, 0.717) is 23.4 Å². The second kappa shape index (κ2) is 9.34. The largest absolute Gasteiger partial charge is 0.386 e. The lowest BCUT2D eigenvalue weighted by atomic mass is 9.95. The Morgan fingerprint density at radius 2 is 2.00 bits per heavy atom. The molecule has 0 radical (unpaired) electrons. The molecule has 4 rings (SSSR count). The van der Waals surface area contributed by atoms with Gasteiger partial charge in [-0.25, -0.2) is 13.2 Å². The quantitative estimate of drug-likeness (QED) is 0.595. The predicted octanol–water partition coefficient (Wildman–Crippen LogP) is 3.26. The molecule has 0 spiro atoms. The molecule has 2 aromatic rings. The molecule has 1 aromatic heterocycles. The molecule has 182 valence electrons. The lowest BCUT2D eigenvalue weighted by molar-refractivity contribution is 0.0859. The molecule has 1 fully saturated rings. The number of benzene rings is 1. The van der Waals surface area contributed by atoms with E-state index in [1.807, 2.05) is 13.0 Å². The summed E-state index contributed by atoms with van der Waals surface area (Å²) in [6, 6.07) is 6.13. The smallest absolute Gasteiger partial charge is 0.321 e. The number of aryl methyl sites for hydroxylation is 1. The number of aromatic nitrogens is 1. The molecule has 0 aliphatic carbocycles. The highest BCUT2D eigenvalue weighted by Crippen LogP contribution is 2.37. The summed E-state index contributed by atoms with van der Waals surface area (Å²) < 4.78 is 70.6. The summed E-state index contributed by atoms with van der Waals surface area (Å²) in [5, 5.41) is 4.11. The van der Waals surface area contributed by atoms with Gasteiger partial charge in [0.1, 0.15) is 23.5 Å². The van der Waals surface area contributed by atoms with Crippen molar-refractivity contribution in [1.29, 1.82) is 0 Å². The van der Waals surface area contributed by atoms with Crippen LogP contribution in [0, 0.1) is 24.5 Å². The van der Waals surface area contributed by atoms with Crippen LogP contribution in [0.15, 0.2) is 40.0 Å². The Morgan fingerprint density at radius 1 is 1.24 bits per heavy atom. The molecule has 0 amide bonds. The van der Waals surface area contributed by atoms with Gasteiger partial charge in [-0.05, 0) is 13.0 Å². The Bertz CT molecular complexity index is 1250. The summed E-state index contributed by atoms with van der Waals surface area (Å²) >= 11 is 0. The molecular weight excluding hydrogens is 471 g/mol. The van der Waals surface area contributed by atoms with Crippen molar-refractivity contribution in [3.8, 4) is 11.3 Å². The van der Waals surface area contributed by atoms with Gasteiger partial charge in [-0.15, -0.1) is 0 Å². The summed E-state index contributed by atoms with van der Waals surface area (Å²) in [4.78, 5) is 11.2. The van der Waals surface area contributed by atoms with E-state index < -0.39 is 40.0 Å². The molecule has 0 N–H and O–H groups in total. The van der Waals surface area contributed by atoms with Crippen LogP contribution >= 0.6 is 0 Å². The molecule has 1 saturated heterocycles. The number of alkyl halides is 1. The zero-order valence-electron chi connectivity index (χ0n) is 18.8. The highest BCUT2D eigenvalue weighted by atomic mass is 32.2. The van der Waals surface area contributed by atoms with Crippen LogP contribution < -0.4 is 0 Å². The van der Waals surface area contributed by atoms with Crippen molar-refractivity contribution in [2.75, 3.05) is 27.2 Å². The van der Waals surface area contributed by atoms with Gasteiger partial charge in [-0.1, -0.05) is 22.9 Å². The monoisotopic (exact) mass is 495 g/mol. The molecule has 3 atom stereocenters. The fourth-order valence-electron chi connectivity index (χ4n) is 3.88. The van der Waals surface area contributed by atoms with Gasteiger partial charge in [0.25, 0.3) is 0 Å². The van der Waals surface area contributed by atoms with Crippen molar-refractivity contribution in [2.24, 2.45) is 15.5 Å². The first-order valence-electron chi connectivity index (χ1n) is 10.6. The molecular formula is C22H24F3N5O3S. The third kappa shape index (κ3) is 4.92. The summed E-state index contributed by atoms with van der Waals surface area (Å²) in [7, 11) is -1.14. The number of amidine groups is 1. The predicted molar refractivity (Wildman–Crippen MR) is 121 cm³/mol. The van der Waals surface area contributed by atoms with E-state index in [0.717, 1.165) is 28.3 Å². The lowest BCUT2D eigenvalue weighted by Crippen LogP contribution is -2.28. The van der Waals surface area contributed by atoms with Crippen LogP contribution in [0.25, 0.3) is 11.3 Å². The van der Waals surface area contributed by atoms with Crippen molar-refractivity contribution < 1.29 is 26.4 Å². The van der Waals surface area contributed by atoms with Gasteiger partial charge in [-0.2, -0.15) is 17.1 Å². The standard InChI is InChI=1S/C22H24F3N5O3S/c1-13-4-5-16(17(6-13)22-18(24)7-15(23)10-26-22)20-8-21(28-33-20)30-11-14(19(25)12-30)9-27-34(31,32)29(2)3/h4-7,9-10,14,19-20H,8,11-12H2,1-3H3/t14?,19-,20?/m0/s1. The van der Waals surface area contributed by atoms with Gasteiger partial charge in [0.05, 0.1) is 19.2 Å². The second-order valence-corrected chi connectivity index (χ2v) is 10.3. The van der Waals surface area contributed by atoms with Crippen molar-refractivity contribution in [3.63, 3.8) is 0 Å². The van der Waals surface area contributed by atoms with Crippen molar-refractivity contribution in [1.82, 2.24) is 14.2 Å². The number of halogens is 3. The Labute approximate surface area is 195 Å². The number of rotatable bonds is 5. The molecule has 8 nitrogen and oxygen atoms in total. The molecule has 3 heterocycles. The van der Waals surface area contributed by atoms with E-state index in [2.05, 4.69) is 14.5 Å². The van der Waals surface area contributed by atoms with Gasteiger partial charge in [0.2, 0.25) is 0 Å². The number of oxime groups is 1. The van der Waals surface area contributed by atoms with E-state index in [1.165, 1.54) is 14.1 Å². The summed E-state index contributed by atoms with van der Waals surface area (Å²) in [6.45, 7) is 2.05. The van der Waals surface area contributed by atoms with Gasteiger partial charge < -0.3 is 9.74 Å². The van der Waals surface area contributed by atoms with Crippen LogP contribution in [0.3, 0.4) is 0 Å². The van der Waals surface area contributed by atoms with E-state index in [9.17, 15) is 21.6 Å². The molecule has 2 aliphatic rings. The van der Waals surface area contributed by atoms with E-state index in [1.54, 1.807) is 17.0 Å². The minimum Gasteiger partial charge on any atom is -0.386 e. The zero-order chi connectivity index (χ0) is 24.6. The number of hydrogen-bond acceptors (Lipinski definition) is 6. The average molecular weight is 496 g/mol. The second-order valence-electron chi connectivity index (χ2n) is 8.48. The van der Waals surface area contributed by atoms with E-state index in [-0.39, 0.29) is 18.8 Å². The number of hydrogen-bond donors (Lipinski definition) is 0. The minimum atomic E-state index is -3.83. The van der Waals surface area contributed by atoms with Crippen LogP contribution in [-0.2, 0) is 15.0 Å². The van der Waals surface area contributed by atoms with Gasteiger partial charge >= 0.3 is 10.2 Å². The maximum Gasteiger partial charge on any atom is 0.321 e. The topological polar surface area (TPSA) is 87.5 Å². The maximum atomic E-state index is 14.6. The molecule has 0 bridgehead atoms. The highest BCUT2D eigenvalue weighted by Gasteiger charge is 2.37. The molecule has 2 aliphatic heterocycles. The number of pyridine rings is 1. The van der Waals surface area contributed by atoms with Crippen LogP contribution in [-0.4, -0.2) is 68.0 Å². The lowest BCUT2D eigenvalue weighted by Gasteiger charge is -2.17. The Balaban J connectivity index is 1.51. The fourth-order valence-corrected chi connectivity index (χ4v) is 4.38. The van der Waals surface area contributed by atoms with Crippen LogP contribution in [0.4, 0.5) is 13.2 Å². The van der Waals surface area contributed by atoms with Crippen molar-refractivity contribution in [3.05, 3.63) is 53.2 Å². The SMILES string of the molecule is Cc1ccc(C2CC(N3CC(C=NS(=O)(=O)N(C)C)[C@@H](F)C3)=NO2)c(-c2ncc(F)cc2F)c1. The average Bonchev–Trinajstić information content (AvgIpc) is 3.39.